The van der Waals surface area contributed by atoms with Crippen molar-refractivity contribution in [2.24, 2.45) is 46.3 Å². The molecule has 4 saturated carbocycles. The summed E-state index contributed by atoms with van der Waals surface area (Å²) < 4.78 is 0. The summed E-state index contributed by atoms with van der Waals surface area (Å²) in [4.78, 5) is 11.1. The van der Waals surface area contributed by atoms with Crippen molar-refractivity contribution in [3.05, 3.63) is 0 Å². The molecule has 0 amide bonds. The summed E-state index contributed by atoms with van der Waals surface area (Å²) >= 11 is 0. The van der Waals surface area contributed by atoms with E-state index in [9.17, 15) is 15.0 Å². The quantitative estimate of drug-likeness (QED) is 0.659. The van der Waals surface area contributed by atoms with Crippen molar-refractivity contribution in [2.45, 2.75) is 97.2 Å². The fourth-order valence-electron chi connectivity index (χ4n) is 8.89. The summed E-state index contributed by atoms with van der Waals surface area (Å²) in [6.45, 7) is 7.06. The Morgan fingerprint density at radius 2 is 1.82 bits per heavy atom. The van der Waals surface area contributed by atoms with Crippen LogP contribution in [0.3, 0.4) is 0 Å². The molecule has 160 valence electrons. The fraction of sp³-hybridized carbons (Fsp3) is 0.958. The zero-order valence-corrected chi connectivity index (χ0v) is 17.9. The Morgan fingerprint density at radius 1 is 1.07 bits per heavy atom. The Labute approximate surface area is 170 Å². The van der Waals surface area contributed by atoms with Gasteiger partial charge in [0.05, 0.1) is 12.2 Å². The van der Waals surface area contributed by atoms with Gasteiger partial charge >= 0.3 is 5.97 Å². The second-order valence-electron chi connectivity index (χ2n) is 11.4. The van der Waals surface area contributed by atoms with E-state index in [1.165, 1.54) is 25.7 Å². The monoisotopic (exact) mass is 392 g/mol. The van der Waals surface area contributed by atoms with Gasteiger partial charge in [0.1, 0.15) is 0 Å². The summed E-state index contributed by atoms with van der Waals surface area (Å²) in [7, 11) is 0. The van der Waals surface area contributed by atoms with Crippen molar-refractivity contribution < 1.29 is 20.1 Å². The lowest BCUT2D eigenvalue weighted by atomic mass is 9.43. The molecule has 0 heterocycles. The molecule has 4 fully saturated rings. The van der Waals surface area contributed by atoms with E-state index in [1.54, 1.807) is 0 Å². The minimum atomic E-state index is -0.693. The summed E-state index contributed by atoms with van der Waals surface area (Å²) in [5.41, 5.74) is 0.325. The van der Waals surface area contributed by atoms with E-state index in [-0.39, 0.29) is 29.5 Å². The molecule has 3 N–H and O–H groups in total. The van der Waals surface area contributed by atoms with Crippen LogP contribution in [0.1, 0.15) is 85.0 Å². The van der Waals surface area contributed by atoms with Crippen molar-refractivity contribution in [1.29, 1.82) is 0 Å². The molecular formula is C24H40O4. The third-order valence-corrected chi connectivity index (χ3v) is 10.1. The molecule has 0 saturated heterocycles. The summed E-state index contributed by atoms with van der Waals surface area (Å²) in [6.07, 6.45) is 9.20. The van der Waals surface area contributed by atoms with Crippen molar-refractivity contribution in [3.8, 4) is 0 Å². The molecular weight excluding hydrogens is 352 g/mol. The van der Waals surface area contributed by atoms with Gasteiger partial charge in [-0.25, -0.2) is 0 Å². The van der Waals surface area contributed by atoms with Gasteiger partial charge < -0.3 is 15.3 Å². The zero-order chi connectivity index (χ0) is 20.3. The van der Waals surface area contributed by atoms with Crippen LogP contribution in [0.25, 0.3) is 0 Å². The molecule has 0 bridgehead atoms. The molecule has 0 aromatic heterocycles. The third-order valence-electron chi connectivity index (χ3n) is 10.1. The first kappa shape index (κ1) is 20.7. The highest BCUT2D eigenvalue weighted by atomic mass is 16.4. The molecule has 4 nitrogen and oxygen atoms in total. The van der Waals surface area contributed by atoms with Crippen LogP contribution in [0.5, 0.6) is 0 Å². The Hall–Kier alpha value is -0.610. The maximum Gasteiger partial charge on any atom is 0.303 e. The lowest BCUT2D eigenvalue weighted by Gasteiger charge is -2.62. The summed E-state index contributed by atoms with van der Waals surface area (Å²) in [5.74, 6) is 2.46. The molecule has 0 spiro atoms. The molecule has 4 heteroatoms. The zero-order valence-electron chi connectivity index (χ0n) is 17.9. The first-order valence-electron chi connectivity index (χ1n) is 11.7. The number of hydrogen-bond acceptors (Lipinski definition) is 3. The van der Waals surface area contributed by atoms with Crippen LogP contribution in [0.4, 0.5) is 0 Å². The fourth-order valence-corrected chi connectivity index (χ4v) is 8.89. The number of fused-ring (bicyclic) bond motifs is 5. The largest absolute Gasteiger partial charge is 0.481 e. The number of carbonyl (C=O) groups is 1. The number of aliphatic carboxylic acids is 1. The lowest BCUT2D eigenvalue weighted by Crippen LogP contribution is -2.59. The number of hydrogen-bond donors (Lipinski definition) is 3. The van der Waals surface area contributed by atoms with Crippen LogP contribution in [0, 0.1) is 46.3 Å². The maximum absolute atomic E-state index is 11.4. The van der Waals surface area contributed by atoms with Crippen molar-refractivity contribution >= 4 is 5.97 Å². The minimum absolute atomic E-state index is 0.147. The van der Waals surface area contributed by atoms with Gasteiger partial charge in [-0.3, -0.25) is 4.79 Å². The molecule has 28 heavy (non-hydrogen) atoms. The van der Waals surface area contributed by atoms with Gasteiger partial charge in [-0.1, -0.05) is 20.8 Å². The molecule has 0 aromatic carbocycles. The van der Waals surface area contributed by atoms with Crippen LogP contribution >= 0.6 is 0 Å². The van der Waals surface area contributed by atoms with Crippen molar-refractivity contribution in [1.82, 2.24) is 0 Å². The number of carboxylic acids is 1. The van der Waals surface area contributed by atoms with Gasteiger partial charge in [-0.15, -0.1) is 0 Å². The van der Waals surface area contributed by atoms with E-state index >= 15 is 0 Å². The number of aliphatic hydroxyl groups is 2. The summed E-state index contributed by atoms with van der Waals surface area (Å²) in [5, 5.41) is 30.7. The van der Waals surface area contributed by atoms with Gasteiger partial charge in [0, 0.05) is 6.42 Å². The van der Waals surface area contributed by atoms with Gasteiger partial charge in [-0.05, 0) is 104 Å². The maximum atomic E-state index is 11.4. The summed E-state index contributed by atoms with van der Waals surface area (Å²) in [6, 6.07) is 0. The van der Waals surface area contributed by atoms with Gasteiger partial charge in [0.15, 0.2) is 0 Å². The SMILES string of the molecule is C[C@H](CCC(=O)O)[C@H]1CCC2C3CCC4C[C@H](O)CC[C@]4(C)C3C(O)C[C@@]21C. The first-order chi connectivity index (χ1) is 13.2. The Bertz CT molecular complexity index is 605. The Kier molecular flexibility index (Phi) is 5.36. The standard InChI is InChI=1S/C24H40O4/c1-14(4-9-21(27)28)18-7-8-19-17-6-5-15-12-16(25)10-11-23(15,2)22(17)20(26)13-24(18,19)3/h14-20,22,25-26H,4-13H2,1-3H3,(H,27,28)/t14-,15?,16-,17?,18-,19?,20?,22?,23+,24-/m1/s1. The van der Waals surface area contributed by atoms with Crippen molar-refractivity contribution in [2.75, 3.05) is 0 Å². The van der Waals surface area contributed by atoms with Gasteiger partial charge in [-0.2, -0.15) is 0 Å². The van der Waals surface area contributed by atoms with Crippen LogP contribution < -0.4 is 0 Å². The molecule has 4 aliphatic carbocycles. The van der Waals surface area contributed by atoms with Crippen LogP contribution in [0.2, 0.25) is 0 Å². The number of aliphatic hydroxyl groups excluding tert-OH is 2. The third kappa shape index (κ3) is 3.14. The van der Waals surface area contributed by atoms with Crippen LogP contribution in [-0.2, 0) is 4.79 Å². The van der Waals surface area contributed by atoms with Gasteiger partial charge in [0.25, 0.3) is 0 Å². The average Bonchev–Trinajstić information content (AvgIpc) is 2.96. The second kappa shape index (κ2) is 7.27. The van der Waals surface area contributed by atoms with Gasteiger partial charge in [0.2, 0.25) is 0 Å². The average molecular weight is 393 g/mol. The predicted molar refractivity (Wildman–Crippen MR) is 109 cm³/mol. The second-order valence-corrected chi connectivity index (χ2v) is 11.4. The highest BCUT2D eigenvalue weighted by Crippen LogP contribution is 2.68. The van der Waals surface area contributed by atoms with Crippen molar-refractivity contribution in [3.63, 3.8) is 0 Å². The molecule has 0 aliphatic heterocycles. The Balaban J connectivity index is 1.56. The normalized spacial score (nSPS) is 51.7. The smallest absolute Gasteiger partial charge is 0.303 e. The van der Waals surface area contributed by atoms with E-state index in [0.717, 1.165) is 32.1 Å². The van der Waals surface area contributed by atoms with Crippen LogP contribution in [-0.4, -0.2) is 33.5 Å². The number of carboxylic acid groups (broad SMARTS) is 1. The number of rotatable bonds is 4. The molecule has 5 unspecified atom stereocenters. The first-order valence-corrected chi connectivity index (χ1v) is 11.7. The highest BCUT2D eigenvalue weighted by molar-refractivity contribution is 5.66. The van der Waals surface area contributed by atoms with E-state index < -0.39 is 5.97 Å². The minimum Gasteiger partial charge on any atom is -0.481 e. The Morgan fingerprint density at radius 3 is 2.54 bits per heavy atom. The molecule has 0 radical (unpaired) electrons. The molecule has 0 aromatic rings. The topological polar surface area (TPSA) is 77.8 Å². The molecule has 10 atom stereocenters. The van der Waals surface area contributed by atoms with E-state index in [2.05, 4.69) is 20.8 Å². The van der Waals surface area contributed by atoms with E-state index in [0.29, 0.717) is 35.5 Å². The lowest BCUT2D eigenvalue weighted by molar-refractivity contribution is -0.179. The van der Waals surface area contributed by atoms with E-state index in [4.69, 9.17) is 5.11 Å². The molecule has 4 rings (SSSR count). The van der Waals surface area contributed by atoms with Crippen LogP contribution in [0.15, 0.2) is 0 Å². The molecule has 4 aliphatic rings. The van der Waals surface area contributed by atoms with E-state index in [1.807, 2.05) is 0 Å². The predicted octanol–water partition coefficient (Wildman–Crippen LogP) is 4.48. The highest BCUT2D eigenvalue weighted by Gasteiger charge is 2.63.